The summed E-state index contributed by atoms with van der Waals surface area (Å²) in [5.41, 5.74) is 6.85. The van der Waals surface area contributed by atoms with Crippen LogP contribution < -0.4 is 5.73 Å². The van der Waals surface area contributed by atoms with E-state index in [1.807, 2.05) is 12.3 Å². The number of aromatic nitrogens is 1. The van der Waals surface area contributed by atoms with Gasteiger partial charge >= 0.3 is 0 Å². The standard InChI is InChI=1S/C12H17Br2N3.ClH/c13-10-4-11(14)12(16-6-10)8-17-3-1-2-9(5-15)7-17;/h4,6,9H,1-3,5,7-8,15H2;1H. The number of piperidine rings is 1. The Morgan fingerprint density at radius 1 is 1.44 bits per heavy atom. The molecule has 0 amide bonds. The van der Waals surface area contributed by atoms with Crippen LogP contribution in [0.3, 0.4) is 0 Å². The molecule has 1 fully saturated rings. The van der Waals surface area contributed by atoms with Crippen molar-refractivity contribution in [3.63, 3.8) is 0 Å². The average Bonchev–Trinajstić information content (AvgIpc) is 2.33. The maximum atomic E-state index is 5.75. The highest BCUT2D eigenvalue weighted by Crippen LogP contribution is 2.23. The molecule has 1 aromatic heterocycles. The van der Waals surface area contributed by atoms with E-state index in [0.717, 1.165) is 40.8 Å². The number of nitrogens with zero attached hydrogens (tertiary/aromatic N) is 2. The third kappa shape index (κ3) is 4.46. The highest BCUT2D eigenvalue weighted by atomic mass is 79.9. The minimum absolute atomic E-state index is 0. The lowest BCUT2D eigenvalue weighted by molar-refractivity contribution is 0.169. The van der Waals surface area contributed by atoms with Gasteiger partial charge in [-0.1, -0.05) is 0 Å². The first-order valence-electron chi connectivity index (χ1n) is 5.91. The predicted molar refractivity (Wildman–Crippen MR) is 83.9 cm³/mol. The van der Waals surface area contributed by atoms with E-state index in [9.17, 15) is 0 Å². The maximum Gasteiger partial charge on any atom is 0.0686 e. The Hall–Kier alpha value is 0.320. The number of halogens is 3. The summed E-state index contributed by atoms with van der Waals surface area (Å²) in [6.07, 6.45) is 4.36. The van der Waals surface area contributed by atoms with Crippen molar-refractivity contribution in [2.75, 3.05) is 19.6 Å². The first-order valence-corrected chi connectivity index (χ1v) is 7.50. The number of hydrogen-bond acceptors (Lipinski definition) is 3. The predicted octanol–water partition coefficient (Wildman–Crippen LogP) is 3.20. The summed E-state index contributed by atoms with van der Waals surface area (Å²) in [4.78, 5) is 6.90. The van der Waals surface area contributed by atoms with Crippen LogP contribution in [-0.4, -0.2) is 29.5 Å². The lowest BCUT2D eigenvalue weighted by Crippen LogP contribution is -2.38. The van der Waals surface area contributed by atoms with Gasteiger partial charge in [0.1, 0.15) is 0 Å². The highest BCUT2D eigenvalue weighted by Gasteiger charge is 2.19. The molecule has 6 heteroatoms. The molecule has 2 N–H and O–H groups in total. The zero-order valence-corrected chi connectivity index (χ0v) is 14.1. The van der Waals surface area contributed by atoms with Gasteiger partial charge in [-0.2, -0.15) is 0 Å². The van der Waals surface area contributed by atoms with E-state index >= 15 is 0 Å². The van der Waals surface area contributed by atoms with Crippen LogP contribution in [-0.2, 0) is 6.54 Å². The van der Waals surface area contributed by atoms with E-state index < -0.39 is 0 Å². The minimum Gasteiger partial charge on any atom is -0.330 e. The first-order chi connectivity index (χ1) is 8.19. The molecule has 18 heavy (non-hydrogen) atoms. The van der Waals surface area contributed by atoms with Crippen LogP contribution in [0, 0.1) is 5.92 Å². The molecule has 1 aromatic rings. The molecule has 0 aromatic carbocycles. The summed E-state index contributed by atoms with van der Waals surface area (Å²) >= 11 is 6.98. The van der Waals surface area contributed by atoms with E-state index in [0.29, 0.717) is 5.92 Å². The van der Waals surface area contributed by atoms with E-state index in [1.165, 1.54) is 12.8 Å². The molecular weight excluding hydrogens is 381 g/mol. The Labute approximate surface area is 131 Å². The summed E-state index contributed by atoms with van der Waals surface area (Å²) in [6.45, 7) is 3.96. The zero-order valence-electron chi connectivity index (χ0n) is 10.1. The van der Waals surface area contributed by atoms with Crippen LogP contribution in [0.5, 0.6) is 0 Å². The molecule has 2 heterocycles. The van der Waals surface area contributed by atoms with Crippen molar-refractivity contribution in [3.8, 4) is 0 Å². The molecule has 0 radical (unpaired) electrons. The van der Waals surface area contributed by atoms with Gasteiger partial charge in [-0.05, 0) is 69.8 Å². The number of rotatable bonds is 3. The fourth-order valence-electron chi connectivity index (χ4n) is 2.26. The van der Waals surface area contributed by atoms with Crippen LogP contribution in [0.1, 0.15) is 18.5 Å². The van der Waals surface area contributed by atoms with Gasteiger partial charge < -0.3 is 5.73 Å². The largest absolute Gasteiger partial charge is 0.330 e. The minimum atomic E-state index is 0. The second-order valence-electron chi connectivity index (χ2n) is 4.56. The fraction of sp³-hybridized carbons (Fsp3) is 0.583. The topological polar surface area (TPSA) is 42.1 Å². The SMILES string of the molecule is Cl.NCC1CCCN(Cc2ncc(Br)cc2Br)C1. The molecule has 1 aliphatic heterocycles. The van der Waals surface area contributed by atoms with E-state index in [2.05, 4.69) is 41.7 Å². The molecule has 2 rings (SSSR count). The summed E-state index contributed by atoms with van der Waals surface area (Å²) in [5, 5.41) is 0. The van der Waals surface area contributed by atoms with E-state index in [4.69, 9.17) is 5.73 Å². The molecule has 0 aliphatic carbocycles. The van der Waals surface area contributed by atoms with Crippen LogP contribution >= 0.6 is 44.3 Å². The number of pyridine rings is 1. The smallest absolute Gasteiger partial charge is 0.0686 e. The second kappa shape index (κ2) is 7.80. The van der Waals surface area contributed by atoms with Crippen LogP contribution in [0.4, 0.5) is 0 Å². The third-order valence-corrected chi connectivity index (χ3v) is 4.31. The summed E-state index contributed by atoms with van der Waals surface area (Å²) in [5.74, 6) is 0.651. The van der Waals surface area contributed by atoms with Crippen LogP contribution in [0.25, 0.3) is 0 Å². The van der Waals surface area contributed by atoms with Crippen LogP contribution in [0.15, 0.2) is 21.2 Å². The Morgan fingerprint density at radius 2 is 2.22 bits per heavy atom. The van der Waals surface area contributed by atoms with Crippen molar-refractivity contribution in [3.05, 3.63) is 26.9 Å². The molecule has 102 valence electrons. The van der Waals surface area contributed by atoms with E-state index in [-0.39, 0.29) is 12.4 Å². The Balaban J connectivity index is 0.00000162. The van der Waals surface area contributed by atoms with Crippen molar-refractivity contribution in [1.82, 2.24) is 9.88 Å². The van der Waals surface area contributed by atoms with Gasteiger partial charge in [-0.25, -0.2) is 0 Å². The number of hydrogen-bond donors (Lipinski definition) is 1. The molecule has 1 aliphatic rings. The molecular formula is C12H18Br2ClN3. The van der Waals surface area contributed by atoms with Gasteiger partial charge in [0.05, 0.1) is 5.69 Å². The molecule has 3 nitrogen and oxygen atoms in total. The second-order valence-corrected chi connectivity index (χ2v) is 6.33. The molecule has 1 unspecified atom stereocenters. The van der Waals surface area contributed by atoms with Crippen molar-refractivity contribution < 1.29 is 0 Å². The van der Waals surface area contributed by atoms with Crippen molar-refractivity contribution >= 4 is 44.3 Å². The zero-order chi connectivity index (χ0) is 12.3. The Kier molecular flexibility index (Phi) is 7.10. The highest BCUT2D eigenvalue weighted by molar-refractivity contribution is 9.11. The summed E-state index contributed by atoms with van der Waals surface area (Å²) in [6, 6.07) is 2.05. The molecule has 0 spiro atoms. The lowest BCUT2D eigenvalue weighted by Gasteiger charge is -2.31. The Morgan fingerprint density at radius 3 is 2.89 bits per heavy atom. The van der Waals surface area contributed by atoms with Crippen molar-refractivity contribution in [2.45, 2.75) is 19.4 Å². The Bertz CT molecular complexity index is 390. The quantitative estimate of drug-likeness (QED) is 0.849. The molecule has 0 bridgehead atoms. The molecule has 1 atom stereocenters. The number of likely N-dealkylation sites (tertiary alicyclic amines) is 1. The van der Waals surface area contributed by atoms with Gasteiger partial charge in [0.25, 0.3) is 0 Å². The van der Waals surface area contributed by atoms with Crippen molar-refractivity contribution in [2.24, 2.45) is 11.7 Å². The lowest BCUT2D eigenvalue weighted by atomic mass is 9.98. The van der Waals surface area contributed by atoms with E-state index in [1.54, 1.807) is 0 Å². The normalized spacial score (nSPS) is 20.5. The van der Waals surface area contributed by atoms with Crippen LogP contribution in [0.2, 0.25) is 0 Å². The van der Waals surface area contributed by atoms with Crippen molar-refractivity contribution in [1.29, 1.82) is 0 Å². The van der Waals surface area contributed by atoms with Gasteiger partial charge in [0, 0.05) is 28.2 Å². The first kappa shape index (κ1) is 16.4. The van der Waals surface area contributed by atoms with Gasteiger partial charge in [0.15, 0.2) is 0 Å². The monoisotopic (exact) mass is 397 g/mol. The van der Waals surface area contributed by atoms with Gasteiger partial charge in [-0.15, -0.1) is 12.4 Å². The third-order valence-electron chi connectivity index (χ3n) is 3.19. The van der Waals surface area contributed by atoms with Gasteiger partial charge in [0.2, 0.25) is 0 Å². The molecule has 0 saturated carbocycles. The fourth-order valence-corrected chi connectivity index (χ4v) is 3.37. The number of nitrogens with two attached hydrogens (primary N) is 1. The molecule has 1 saturated heterocycles. The summed E-state index contributed by atoms with van der Waals surface area (Å²) in [7, 11) is 0. The average molecular weight is 400 g/mol. The van der Waals surface area contributed by atoms with Gasteiger partial charge in [-0.3, -0.25) is 9.88 Å². The maximum absolute atomic E-state index is 5.75. The summed E-state index contributed by atoms with van der Waals surface area (Å²) < 4.78 is 2.08.